The molecule has 0 N–H and O–H groups in total. The van der Waals surface area contributed by atoms with E-state index in [4.69, 9.17) is 18.6 Å². The molecule has 0 aliphatic carbocycles. The standard InChI is InChI=1S/2C19H27.C2H6Si.2ClH.Ti/c2*1-12(2)14-8-15-9-16(19(5,6)7)11-18(15)17(10-14)13(3)4;1-3-2;;;/h2*8-13H,1-7H3;1-2H3;2*1H;/q2*-1;;;;+2/p-2. The van der Waals surface area contributed by atoms with Gasteiger partial charge in [-0.05, 0) is 34.5 Å². The molecule has 4 rings (SSSR count). The first-order valence-electron chi connectivity index (χ1n) is 16.3. The van der Waals surface area contributed by atoms with Gasteiger partial charge in [-0.15, -0.1) is 56.9 Å². The Labute approximate surface area is 291 Å². The molecule has 244 valence electrons. The molecule has 4 heteroatoms. The van der Waals surface area contributed by atoms with Crippen LogP contribution in [-0.4, -0.2) is 9.52 Å². The molecule has 0 heterocycles. The summed E-state index contributed by atoms with van der Waals surface area (Å²) < 4.78 is 0. The van der Waals surface area contributed by atoms with E-state index < -0.39 is 17.0 Å². The van der Waals surface area contributed by atoms with Gasteiger partial charge in [-0.25, -0.2) is 0 Å². The van der Waals surface area contributed by atoms with Gasteiger partial charge in [0.2, 0.25) is 0 Å². The van der Waals surface area contributed by atoms with Gasteiger partial charge >= 0.3 is 35.6 Å². The predicted octanol–water partition coefficient (Wildman–Crippen LogP) is 14.4. The summed E-state index contributed by atoms with van der Waals surface area (Å²) in [5.74, 6) is 2.35. The molecule has 0 spiro atoms. The van der Waals surface area contributed by atoms with Crippen molar-refractivity contribution < 1.29 is 17.0 Å². The van der Waals surface area contributed by atoms with E-state index in [1.807, 2.05) is 0 Å². The second-order valence-electron chi connectivity index (χ2n) is 15.4. The van der Waals surface area contributed by atoms with Crippen molar-refractivity contribution in [3.05, 3.63) is 81.9 Å². The third kappa shape index (κ3) is 11.8. The van der Waals surface area contributed by atoms with E-state index in [1.54, 1.807) is 0 Å². The van der Waals surface area contributed by atoms with Gasteiger partial charge < -0.3 is 0 Å². The van der Waals surface area contributed by atoms with Crippen LogP contribution in [0.3, 0.4) is 0 Å². The molecule has 44 heavy (non-hydrogen) atoms. The first-order chi connectivity index (χ1) is 20.2. The van der Waals surface area contributed by atoms with Crippen molar-refractivity contribution in [2.75, 3.05) is 0 Å². The van der Waals surface area contributed by atoms with E-state index >= 15 is 0 Å². The van der Waals surface area contributed by atoms with Crippen molar-refractivity contribution in [1.82, 2.24) is 0 Å². The molecule has 0 saturated carbocycles. The minimum atomic E-state index is -0.556. The molecule has 0 aliphatic rings. The first kappa shape index (κ1) is 41.2. The molecule has 0 fully saturated rings. The molecule has 2 radical (unpaired) electrons. The summed E-state index contributed by atoms with van der Waals surface area (Å²) in [6, 6.07) is 19.1. The van der Waals surface area contributed by atoms with E-state index in [1.165, 1.54) is 54.9 Å². The average molecular weight is 688 g/mol. The maximum atomic E-state index is 4.89. The molecule has 0 unspecified atom stereocenters. The Morgan fingerprint density at radius 2 is 0.818 bits per heavy atom. The third-order valence-corrected chi connectivity index (χ3v) is 8.06. The molecule has 0 amide bonds. The topological polar surface area (TPSA) is 0 Å². The molecule has 0 nitrogen and oxygen atoms in total. The normalized spacial score (nSPS) is 11.9. The van der Waals surface area contributed by atoms with E-state index in [2.05, 4.69) is 159 Å². The summed E-state index contributed by atoms with van der Waals surface area (Å²) >= 11 is -0.556. The van der Waals surface area contributed by atoms with E-state index in [0.29, 0.717) is 23.7 Å². The first-order valence-corrected chi connectivity index (χ1v) is 22.6. The van der Waals surface area contributed by atoms with Gasteiger partial charge in [0.05, 0.1) is 0 Å². The monoisotopic (exact) mass is 686 g/mol. The van der Waals surface area contributed by atoms with Crippen LogP contribution in [0.25, 0.3) is 21.5 Å². The van der Waals surface area contributed by atoms with Crippen LogP contribution in [0, 0.1) is 0 Å². The van der Waals surface area contributed by atoms with Crippen molar-refractivity contribution in [3.8, 4) is 0 Å². The number of hydrogen-bond donors (Lipinski definition) is 0. The maximum absolute atomic E-state index is 4.89. The summed E-state index contributed by atoms with van der Waals surface area (Å²) in [4.78, 5) is 0. The van der Waals surface area contributed by atoms with Crippen LogP contribution in [0.2, 0.25) is 13.1 Å². The Morgan fingerprint density at radius 1 is 0.545 bits per heavy atom. The Balaban J connectivity index is 0.000000373. The Hall–Kier alpha value is -0.829. The zero-order valence-corrected chi connectivity index (χ0v) is 34.8. The average Bonchev–Trinajstić information content (AvgIpc) is 3.53. The fourth-order valence-electron chi connectivity index (χ4n) is 5.24. The van der Waals surface area contributed by atoms with Gasteiger partial charge in [0, 0.05) is 9.52 Å². The quantitative estimate of drug-likeness (QED) is 0.148. The molecular formula is C40H60Cl2SiTi-2. The second kappa shape index (κ2) is 17.9. The molecule has 4 aromatic rings. The Bertz CT molecular complexity index is 1310. The molecule has 0 bridgehead atoms. The fourth-order valence-corrected chi connectivity index (χ4v) is 5.24. The van der Waals surface area contributed by atoms with Crippen molar-refractivity contribution in [1.29, 1.82) is 0 Å². The van der Waals surface area contributed by atoms with Crippen LogP contribution in [0.15, 0.2) is 48.5 Å². The van der Waals surface area contributed by atoms with Crippen molar-refractivity contribution in [2.45, 2.75) is 145 Å². The van der Waals surface area contributed by atoms with Gasteiger partial charge in [0.1, 0.15) is 0 Å². The SMILES string of the molecule is CC(C)c1cc(C(C)C)c2cc(C(C)(C)C)[cH-]c2c1.CC(C)c1cc(C(C)C)c2cc(C(C)(C)C)[cH-]c2c1.C[Si]C.[Cl][Ti][Cl]. The number of fused-ring (bicyclic) bond motifs is 2. The van der Waals surface area contributed by atoms with Crippen LogP contribution in [0.4, 0.5) is 0 Å². The Morgan fingerprint density at radius 3 is 1.02 bits per heavy atom. The van der Waals surface area contributed by atoms with Crippen LogP contribution in [-0.2, 0) is 27.9 Å². The predicted molar refractivity (Wildman–Crippen MR) is 202 cm³/mol. The van der Waals surface area contributed by atoms with Gasteiger partial charge in [0.25, 0.3) is 0 Å². The van der Waals surface area contributed by atoms with Gasteiger partial charge in [0.15, 0.2) is 0 Å². The molecule has 4 aromatic carbocycles. The van der Waals surface area contributed by atoms with Gasteiger partial charge in [-0.3, -0.25) is 0 Å². The Kier molecular flexibility index (Phi) is 16.8. The molecule has 0 aliphatic heterocycles. The number of benzene rings is 2. The summed E-state index contributed by atoms with van der Waals surface area (Å²) in [7, 11) is 10.9. The molecule has 0 atom stereocenters. The van der Waals surface area contributed by atoms with Crippen LogP contribution < -0.4 is 0 Å². The van der Waals surface area contributed by atoms with Crippen molar-refractivity contribution >= 4 is 49.7 Å². The number of rotatable bonds is 4. The van der Waals surface area contributed by atoms with Crippen molar-refractivity contribution in [2.24, 2.45) is 0 Å². The second-order valence-corrected chi connectivity index (χ2v) is 19.0. The summed E-state index contributed by atoms with van der Waals surface area (Å²) in [6.07, 6.45) is 0. The summed E-state index contributed by atoms with van der Waals surface area (Å²) in [5.41, 5.74) is 9.27. The molecule has 0 aromatic heterocycles. The van der Waals surface area contributed by atoms with E-state index in [9.17, 15) is 0 Å². The van der Waals surface area contributed by atoms with Gasteiger partial charge in [-0.2, -0.15) is 12.1 Å². The summed E-state index contributed by atoms with van der Waals surface area (Å²) in [5, 5.41) is 5.73. The number of halogens is 2. The van der Waals surface area contributed by atoms with Crippen LogP contribution >= 0.6 is 18.6 Å². The fraction of sp³-hybridized carbons (Fsp3) is 0.550. The third-order valence-electron chi connectivity index (χ3n) is 8.06. The molecule has 0 saturated heterocycles. The van der Waals surface area contributed by atoms with E-state index in [0.717, 1.165) is 9.52 Å². The van der Waals surface area contributed by atoms with Crippen LogP contribution in [0.1, 0.15) is 154 Å². The number of hydrogen-bond acceptors (Lipinski definition) is 0. The zero-order valence-electron chi connectivity index (χ0n) is 30.7. The van der Waals surface area contributed by atoms with E-state index in [-0.39, 0.29) is 10.8 Å². The summed E-state index contributed by atoms with van der Waals surface area (Å²) in [6.45, 7) is 36.3. The zero-order chi connectivity index (χ0) is 34.2. The van der Waals surface area contributed by atoms with Crippen molar-refractivity contribution in [3.63, 3.8) is 0 Å². The van der Waals surface area contributed by atoms with Gasteiger partial charge in [-0.1, -0.05) is 144 Å². The molecular weight excluding hydrogens is 627 g/mol. The van der Waals surface area contributed by atoms with Crippen LogP contribution in [0.5, 0.6) is 0 Å². The minimum absolute atomic E-state index is 0.227.